The summed E-state index contributed by atoms with van der Waals surface area (Å²) in [4.78, 5) is 2.01. The molecule has 0 fully saturated rings. The zero-order chi connectivity index (χ0) is 14.5. The highest BCUT2D eigenvalue weighted by molar-refractivity contribution is 6.31. The summed E-state index contributed by atoms with van der Waals surface area (Å²) in [5.74, 6) is 0. The summed E-state index contributed by atoms with van der Waals surface area (Å²) in [7, 11) is 1.93. The van der Waals surface area contributed by atoms with Crippen molar-refractivity contribution in [1.82, 2.24) is 0 Å². The molecule has 0 radical (unpaired) electrons. The maximum absolute atomic E-state index is 9.44. The van der Waals surface area contributed by atoms with Gasteiger partial charge in [0.2, 0.25) is 0 Å². The molecule has 0 atom stereocenters. The van der Waals surface area contributed by atoms with E-state index in [0.717, 1.165) is 11.3 Å². The van der Waals surface area contributed by atoms with Crippen LogP contribution in [0.25, 0.3) is 0 Å². The summed E-state index contributed by atoms with van der Waals surface area (Å²) in [6, 6.07) is 15.2. The Balaban J connectivity index is 2.26. The fraction of sp³-hybridized carbons (Fsp3) is 0.188. The van der Waals surface area contributed by atoms with Crippen LogP contribution in [0, 0.1) is 11.3 Å². The molecule has 0 unspecified atom stereocenters. The molecule has 2 aromatic rings. The lowest BCUT2D eigenvalue weighted by atomic mass is 10.1. The van der Waals surface area contributed by atoms with Crippen LogP contribution in [-0.4, -0.2) is 12.2 Å². The van der Waals surface area contributed by atoms with Crippen LogP contribution < -0.4 is 4.90 Å². The molecule has 20 heavy (non-hydrogen) atoms. The summed E-state index contributed by atoms with van der Waals surface area (Å²) < 4.78 is 0. The van der Waals surface area contributed by atoms with E-state index in [4.69, 9.17) is 16.9 Å². The average Bonchev–Trinajstić information content (AvgIpc) is 2.47. The highest BCUT2D eigenvalue weighted by Crippen LogP contribution is 2.27. The standard InChI is InChI=1S/C16H15ClN2O/c1-19(10-13-5-2-4-12(8-13)9-18)16-7-3-6-15(17)14(16)11-20/h2-8,20H,10-11H2,1H3. The molecule has 0 aliphatic rings. The molecule has 2 aromatic carbocycles. The Labute approximate surface area is 123 Å². The Hall–Kier alpha value is -2.02. The Morgan fingerprint density at radius 1 is 1.25 bits per heavy atom. The highest BCUT2D eigenvalue weighted by atomic mass is 35.5. The summed E-state index contributed by atoms with van der Waals surface area (Å²) in [6.45, 7) is 0.542. The van der Waals surface area contributed by atoms with Crippen molar-refractivity contribution in [1.29, 1.82) is 5.26 Å². The molecule has 102 valence electrons. The lowest BCUT2D eigenvalue weighted by Crippen LogP contribution is -2.18. The largest absolute Gasteiger partial charge is 0.392 e. The van der Waals surface area contributed by atoms with Crippen LogP contribution in [-0.2, 0) is 13.2 Å². The number of benzene rings is 2. The van der Waals surface area contributed by atoms with E-state index in [1.165, 1.54) is 0 Å². The second-order valence-corrected chi connectivity index (χ2v) is 4.97. The van der Waals surface area contributed by atoms with Gasteiger partial charge in [-0.15, -0.1) is 0 Å². The molecule has 2 rings (SSSR count). The molecule has 0 spiro atoms. The molecule has 0 aliphatic carbocycles. The van der Waals surface area contributed by atoms with E-state index in [0.29, 0.717) is 22.7 Å². The molecule has 4 heteroatoms. The lowest BCUT2D eigenvalue weighted by Gasteiger charge is -2.22. The summed E-state index contributed by atoms with van der Waals surface area (Å²) >= 11 is 6.09. The zero-order valence-corrected chi connectivity index (χ0v) is 11.9. The first kappa shape index (κ1) is 14.4. The molecule has 1 N–H and O–H groups in total. The number of hydrogen-bond donors (Lipinski definition) is 1. The average molecular weight is 287 g/mol. The third-order valence-corrected chi connectivity index (χ3v) is 3.49. The number of anilines is 1. The maximum Gasteiger partial charge on any atom is 0.0991 e. The Morgan fingerprint density at radius 2 is 2.00 bits per heavy atom. The first-order chi connectivity index (χ1) is 9.65. The number of nitrogens with zero attached hydrogens (tertiary/aromatic N) is 2. The minimum atomic E-state index is -0.0996. The van der Waals surface area contributed by atoms with Crippen molar-refractivity contribution in [3.8, 4) is 6.07 Å². The molecule has 0 aromatic heterocycles. The van der Waals surface area contributed by atoms with E-state index in [1.807, 2.05) is 42.3 Å². The number of hydrogen-bond acceptors (Lipinski definition) is 3. The van der Waals surface area contributed by atoms with E-state index < -0.39 is 0 Å². The van der Waals surface area contributed by atoms with Crippen molar-refractivity contribution >= 4 is 17.3 Å². The van der Waals surface area contributed by atoms with Gasteiger partial charge in [0.25, 0.3) is 0 Å². The third-order valence-electron chi connectivity index (χ3n) is 3.14. The number of nitriles is 1. The van der Waals surface area contributed by atoms with Gasteiger partial charge in [0.05, 0.1) is 18.2 Å². The van der Waals surface area contributed by atoms with E-state index in [2.05, 4.69) is 6.07 Å². The van der Waals surface area contributed by atoms with Crippen molar-refractivity contribution in [2.24, 2.45) is 0 Å². The van der Waals surface area contributed by atoms with Gasteiger partial charge in [-0.25, -0.2) is 0 Å². The number of halogens is 1. The van der Waals surface area contributed by atoms with Crippen LogP contribution in [0.3, 0.4) is 0 Å². The Kier molecular flexibility index (Phi) is 4.62. The molecule has 0 amide bonds. The van der Waals surface area contributed by atoms with E-state index in [9.17, 15) is 5.11 Å². The first-order valence-electron chi connectivity index (χ1n) is 6.24. The van der Waals surface area contributed by atoms with Crippen LogP contribution in [0.4, 0.5) is 5.69 Å². The quantitative estimate of drug-likeness (QED) is 0.938. The van der Waals surface area contributed by atoms with Gasteiger partial charge in [0, 0.05) is 29.9 Å². The summed E-state index contributed by atoms with van der Waals surface area (Å²) in [6.07, 6.45) is 0. The van der Waals surface area contributed by atoms with Crippen molar-refractivity contribution in [3.05, 3.63) is 64.2 Å². The van der Waals surface area contributed by atoms with Gasteiger partial charge in [0.1, 0.15) is 0 Å². The number of rotatable bonds is 4. The SMILES string of the molecule is CN(Cc1cccc(C#N)c1)c1cccc(Cl)c1CO. The predicted octanol–water partition coefficient (Wildman–Crippen LogP) is 3.34. The van der Waals surface area contributed by atoms with E-state index in [1.54, 1.807) is 12.1 Å². The van der Waals surface area contributed by atoms with Crippen molar-refractivity contribution in [2.75, 3.05) is 11.9 Å². The van der Waals surface area contributed by atoms with Gasteiger partial charge in [-0.2, -0.15) is 5.26 Å². The van der Waals surface area contributed by atoms with Gasteiger partial charge < -0.3 is 10.0 Å². The van der Waals surface area contributed by atoms with Crippen molar-refractivity contribution in [3.63, 3.8) is 0 Å². The normalized spacial score (nSPS) is 10.1. The van der Waals surface area contributed by atoms with E-state index in [-0.39, 0.29) is 6.61 Å². The van der Waals surface area contributed by atoms with E-state index >= 15 is 0 Å². The number of aliphatic hydroxyl groups is 1. The van der Waals surface area contributed by atoms with Gasteiger partial charge >= 0.3 is 0 Å². The summed E-state index contributed by atoms with van der Waals surface area (Å²) in [5, 5.41) is 18.9. The molecular weight excluding hydrogens is 272 g/mol. The van der Waals surface area contributed by atoms with Gasteiger partial charge in [-0.1, -0.05) is 29.8 Å². The monoisotopic (exact) mass is 286 g/mol. The Bertz CT molecular complexity index is 649. The summed E-state index contributed by atoms with van der Waals surface area (Å²) in [5.41, 5.74) is 3.29. The molecule has 0 saturated carbocycles. The van der Waals surface area contributed by atoms with Gasteiger partial charge in [-0.3, -0.25) is 0 Å². The highest BCUT2D eigenvalue weighted by Gasteiger charge is 2.10. The Morgan fingerprint density at radius 3 is 2.70 bits per heavy atom. The smallest absolute Gasteiger partial charge is 0.0991 e. The van der Waals surface area contributed by atoms with Crippen LogP contribution in [0.5, 0.6) is 0 Å². The van der Waals surface area contributed by atoms with Crippen molar-refractivity contribution < 1.29 is 5.11 Å². The van der Waals surface area contributed by atoms with Crippen LogP contribution in [0.2, 0.25) is 5.02 Å². The topological polar surface area (TPSA) is 47.3 Å². The molecule has 0 bridgehead atoms. The predicted molar refractivity (Wildman–Crippen MR) is 80.6 cm³/mol. The number of aliphatic hydroxyl groups excluding tert-OH is 1. The fourth-order valence-corrected chi connectivity index (χ4v) is 2.39. The third kappa shape index (κ3) is 3.11. The van der Waals surface area contributed by atoms with Gasteiger partial charge in [-0.05, 0) is 29.8 Å². The van der Waals surface area contributed by atoms with Crippen LogP contribution in [0.1, 0.15) is 16.7 Å². The second kappa shape index (κ2) is 6.42. The minimum absolute atomic E-state index is 0.0996. The van der Waals surface area contributed by atoms with Crippen LogP contribution >= 0.6 is 11.6 Å². The maximum atomic E-state index is 9.44. The first-order valence-corrected chi connectivity index (χ1v) is 6.62. The molecule has 0 aliphatic heterocycles. The van der Waals surface area contributed by atoms with Crippen molar-refractivity contribution in [2.45, 2.75) is 13.2 Å². The minimum Gasteiger partial charge on any atom is -0.392 e. The van der Waals surface area contributed by atoms with Crippen LogP contribution in [0.15, 0.2) is 42.5 Å². The zero-order valence-electron chi connectivity index (χ0n) is 11.2. The fourth-order valence-electron chi connectivity index (χ4n) is 2.16. The molecule has 3 nitrogen and oxygen atoms in total. The molecule has 0 heterocycles. The second-order valence-electron chi connectivity index (χ2n) is 4.56. The lowest BCUT2D eigenvalue weighted by molar-refractivity contribution is 0.282. The van der Waals surface area contributed by atoms with Gasteiger partial charge in [0.15, 0.2) is 0 Å². The molecule has 0 saturated heterocycles. The molecular formula is C16H15ClN2O.